The lowest BCUT2D eigenvalue weighted by Crippen LogP contribution is -2.20. The second-order valence-corrected chi connectivity index (χ2v) is 3.51. The van der Waals surface area contributed by atoms with Crippen molar-refractivity contribution in [3.8, 4) is 11.8 Å². The van der Waals surface area contributed by atoms with Gasteiger partial charge in [-0.15, -0.1) is 0 Å². The van der Waals surface area contributed by atoms with Gasteiger partial charge in [-0.3, -0.25) is 0 Å². The lowest BCUT2D eigenvalue weighted by atomic mass is 9.86. The van der Waals surface area contributed by atoms with Crippen molar-refractivity contribution in [2.45, 2.75) is 32.3 Å². The third-order valence-corrected chi connectivity index (χ3v) is 2.45. The molecule has 0 aromatic heterocycles. The van der Waals surface area contributed by atoms with Gasteiger partial charge in [-0.25, -0.2) is 0 Å². The van der Waals surface area contributed by atoms with Crippen LogP contribution in [0.15, 0.2) is 11.6 Å². The molecule has 0 bridgehead atoms. The zero-order valence-corrected chi connectivity index (χ0v) is 7.95. The van der Waals surface area contributed by atoms with Crippen molar-refractivity contribution in [2.75, 3.05) is 6.61 Å². The third kappa shape index (κ3) is 3.22. The summed E-state index contributed by atoms with van der Waals surface area (Å²) < 4.78 is 0. The Morgan fingerprint density at radius 2 is 2.46 bits per heavy atom. The molecule has 0 spiro atoms. The van der Waals surface area contributed by atoms with Gasteiger partial charge >= 0.3 is 0 Å². The average molecular weight is 180 g/mol. The lowest BCUT2D eigenvalue weighted by molar-refractivity contribution is 0.153. The van der Waals surface area contributed by atoms with Crippen LogP contribution in [0.1, 0.15) is 26.2 Å². The number of hydrogen-bond acceptors (Lipinski definition) is 2. The zero-order valence-electron chi connectivity index (χ0n) is 7.95. The molecule has 0 aromatic rings. The number of aliphatic hydroxyl groups excluding tert-OH is 2. The Hall–Kier alpha value is -0.780. The Labute approximate surface area is 79.3 Å². The molecule has 2 atom stereocenters. The molecule has 2 N–H and O–H groups in total. The van der Waals surface area contributed by atoms with Crippen LogP contribution < -0.4 is 0 Å². The second kappa shape index (κ2) is 5.06. The summed E-state index contributed by atoms with van der Waals surface area (Å²) in [6.45, 7) is 1.95. The minimum Gasteiger partial charge on any atom is -0.384 e. The zero-order chi connectivity index (χ0) is 9.68. The van der Waals surface area contributed by atoms with Crippen molar-refractivity contribution < 1.29 is 10.2 Å². The number of allylic oxidation sites excluding steroid dienone is 2. The predicted molar refractivity (Wildman–Crippen MR) is 52.0 cm³/mol. The highest BCUT2D eigenvalue weighted by molar-refractivity contribution is 5.11. The summed E-state index contributed by atoms with van der Waals surface area (Å²) in [5.41, 5.74) is 1.40. The molecule has 1 aliphatic rings. The number of aliphatic hydroxyl groups is 2. The van der Waals surface area contributed by atoms with Gasteiger partial charge in [0.05, 0.1) is 0 Å². The Balaban J connectivity index is 2.45. The number of hydrogen-bond donors (Lipinski definition) is 2. The molecule has 0 fully saturated rings. The van der Waals surface area contributed by atoms with Crippen LogP contribution in [0.2, 0.25) is 0 Å². The van der Waals surface area contributed by atoms with Gasteiger partial charge in [-0.1, -0.05) is 23.5 Å². The maximum Gasteiger partial charge on any atom is 0.117 e. The average Bonchev–Trinajstić information content (AvgIpc) is 2.15. The summed E-state index contributed by atoms with van der Waals surface area (Å²) in [7, 11) is 0. The molecule has 0 radical (unpaired) electrons. The lowest BCUT2D eigenvalue weighted by Gasteiger charge is -2.21. The molecular weight excluding hydrogens is 164 g/mol. The summed E-state index contributed by atoms with van der Waals surface area (Å²) >= 11 is 0. The minimum atomic E-state index is -0.573. The first-order valence-corrected chi connectivity index (χ1v) is 4.67. The van der Waals surface area contributed by atoms with Crippen LogP contribution in [0.5, 0.6) is 0 Å². The summed E-state index contributed by atoms with van der Waals surface area (Å²) in [6, 6.07) is 0. The normalized spacial score (nSPS) is 24.2. The van der Waals surface area contributed by atoms with Crippen molar-refractivity contribution in [2.24, 2.45) is 5.92 Å². The molecule has 0 amide bonds. The van der Waals surface area contributed by atoms with Crippen LogP contribution in [0.3, 0.4) is 0 Å². The summed E-state index contributed by atoms with van der Waals surface area (Å²) in [6.07, 6.45) is 4.56. The molecule has 0 heterocycles. The van der Waals surface area contributed by atoms with Gasteiger partial charge in [0.25, 0.3) is 0 Å². The van der Waals surface area contributed by atoms with Crippen molar-refractivity contribution in [3.05, 3.63) is 11.6 Å². The van der Waals surface area contributed by atoms with Crippen molar-refractivity contribution in [3.63, 3.8) is 0 Å². The van der Waals surface area contributed by atoms with Crippen LogP contribution >= 0.6 is 0 Å². The van der Waals surface area contributed by atoms with Crippen molar-refractivity contribution >= 4 is 0 Å². The highest BCUT2D eigenvalue weighted by atomic mass is 16.3. The standard InChI is InChI=1S/C11H16O2/c1-9-4-6-10(7-5-9)11(13)3-2-8-12/h4,10-13H,5-8H2,1H3. The molecule has 1 rings (SSSR count). The van der Waals surface area contributed by atoms with E-state index in [0.717, 1.165) is 19.3 Å². The van der Waals surface area contributed by atoms with Crippen molar-refractivity contribution in [1.29, 1.82) is 0 Å². The monoisotopic (exact) mass is 180 g/mol. The number of rotatable bonds is 1. The molecule has 72 valence electrons. The molecule has 0 saturated carbocycles. The van der Waals surface area contributed by atoms with Gasteiger partial charge in [-0.05, 0) is 32.1 Å². The summed E-state index contributed by atoms with van der Waals surface area (Å²) in [4.78, 5) is 0. The largest absolute Gasteiger partial charge is 0.384 e. The molecular formula is C11H16O2. The fourth-order valence-corrected chi connectivity index (χ4v) is 1.54. The predicted octanol–water partition coefficient (Wildman–Crippen LogP) is 1.09. The SMILES string of the molecule is CC1=CCC(C(O)C#CCO)CC1. The molecule has 2 unspecified atom stereocenters. The van der Waals surface area contributed by atoms with Crippen LogP contribution in [0, 0.1) is 17.8 Å². The van der Waals surface area contributed by atoms with E-state index >= 15 is 0 Å². The van der Waals surface area contributed by atoms with Crippen LogP contribution in [-0.4, -0.2) is 22.9 Å². The van der Waals surface area contributed by atoms with E-state index in [1.54, 1.807) is 0 Å². The second-order valence-electron chi connectivity index (χ2n) is 3.51. The van der Waals surface area contributed by atoms with Crippen molar-refractivity contribution in [1.82, 2.24) is 0 Å². The molecule has 2 heteroatoms. The maximum atomic E-state index is 9.58. The van der Waals surface area contributed by atoms with Crippen LogP contribution in [0.4, 0.5) is 0 Å². The van der Waals surface area contributed by atoms with Gasteiger partial charge in [0.2, 0.25) is 0 Å². The van der Waals surface area contributed by atoms with Gasteiger partial charge in [0.15, 0.2) is 0 Å². The summed E-state index contributed by atoms with van der Waals surface area (Å²) in [5.74, 6) is 5.39. The van der Waals surface area contributed by atoms with E-state index in [2.05, 4.69) is 24.8 Å². The minimum absolute atomic E-state index is 0.168. The van der Waals surface area contributed by atoms with E-state index in [0.29, 0.717) is 0 Å². The molecule has 0 aliphatic heterocycles. The fraction of sp³-hybridized carbons (Fsp3) is 0.636. The first-order valence-electron chi connectivity index (χ1n) is 4.67. The third-order valence-electron chi connectivity index (χ3n) is 2.45. The van der Waals surface area contributed by atoms with E-state index in [-0.39, 0.29) is 12.5 Å². The first kappa shape index (κ1) is 10.3. The Bertz CT molecular complexity index is 245. The smallest absolute Gasteiger partial charge is 0.117 e. The van der Waals surface area contributed by atoms with Gasteiger partial charge in [0.1, 0.15) is 12.7 Å². The van der Waals surface area contributed by atoms with E-state index in [9.17, 15) is 5.11 Å². The first-order chi connectivity index (χ1) is 6.24. The van der Waals surface area contributed by atoms with E-state index in [4.69, 9.17) is 5.11 Å². The van der Waals surface area contributed by atoms with Gasteiger partial charge < -0.3 is 10.2 Å². The van der Waals surface area contributed by atoms with E-state index in [1.165, 1.54) is 5.57 Å². The van der Waals surface area contributed by atoms with Crippen LogP contribution in [0.25, 0.3) is 0 Å². The Kier molecular flexibility index (Phi) is 4.01. The topological polar surface area (TPSA) is 40.5 Å². The van der Waals surface area contributed by atoms with E-state index < -0.39 is 6.10 Å². The Morgan fingerprint density at radius 3 is 3.00 bits per heavy atom. The highest BCUT2D eigenvalue weighted by Gasteiger charge is 2.18. The molecule has 2 nitrogen and oxygen atoms in total. The molecule has 0 saturated heterocycles. The molecule has 13 heavy (non-hydrogen) atoms. The van der Waals surface area contributed by atoms with Gasteiger partial charge in [-0.2, -0.15) is 0 Å². The Morgan fingerprint density at radius 1 is 1.69 bits per heavy atom. The molecule has 0 aromatic carbocycles. The quantitative estimate of drug-likeness (QED) is 0.468. The van der Waals surface area contributed by atoms with E-state index in [1.807, 2.05) is 0 Å². The fourth-order valence-electron chi connectivity index (χ4n) is 1.54. The molecule has 1 aliphatic carbocycles. The highest BCUT2D eigenvalue weighted by Crippen LogP contribution is 2.25. The maximum absolute atomic E-state index is 9.58. The van der Waals surface area contributed by atoms with Crippen LogP contribution in [-0.2, 0) is 0 Å². The van der Waals surface area contributed by atoms with Gasteiger partial charge in [0, 0.05) is 0 Å². The summed E-state index contributed by atoms with van der Waals surface area (Å²) in [5, 5.41) is 18.0.